The summed E-state index contributed by atoms with van der Waals surface area (Å²) in [5.41, 5.74) is 8.31. The Morgan fingerprint density at radius 3 is 2.50 bits per heavy atom. The predicted octanol–water partition coefficient (Wildman–Crippen LogP) is 2.87. The minimum absolute atomic E-state index is 0.328. The molecule has 1 saturated heterocycles. The van der Waals surface area contributed by atoms with E-state index in [0.717, 1.165) is 18.5 Å². The second kappa shape index (κ2) is 9.13. The van der Waals surface area contributed by atoms with Gasteiger partial charge in [0.15, 0.2) is 21.2 Å². The van der Waals surface area contributed by atoms with Crippen LogP contribution in [0.15, 0.2) is 64.3 Å². The number of anilines is 3. The molecule has 1 fully saturated rings. The maximum atomic E-state index is 12.8. The molecule has 0 atom stereocenters. The highest BCUT2D eigenvalue weighted by atomic mass is 32.2. The molecule has 5 rings (SSSR count). The van der Waals surface area contributed by atoms with Crippen LogP contribution in [0, 0.1) is 11.8 Å². The van der Waals surface area contributed by atoms with E-state index in [1.54, 1.807) is 36.7 Å². The molecule has 9 nitrogen and oxygen atoms in total. The third-order valence-electron chi connectivity index (χ3n) is 5.68. The van der Waals surface area contributed by atoms with Crippen molar-refractivity contribution in [2.45, 2.75) is 23.0 Å². The number of nitrogen functional groups attached to an aromatic ring is 1. The molecule has 2 aromatic heterocycles. The van der Waals surface area contributed by atoms with Crippen molar-refractivity contribution in [1.29, 1.82) is 0 Å². The highest BCUT2D eigenvalue weighted by Gasteiger charge is 2.28. The number of benzene rings is 2. The molecule has 0 aliphatic carbocycles. The lowest BCUT2D eigenvalue weighted by Gasteiger charge is -2.22. The van der Waals surface area contributed by atoms with E-state index in [1.807, 2.05) is 18.2 Å². The van der Waals surface area contributed by atoms with Crippen LogP contribution in [0.4, 0.5) is 17.5 Å². The van der Waals surface area contributed by atoms with Gasteiger partial charge in [0.25, 0.3) is 0 Å². The summed E-state index contributed by atoms with van der Waals surface area (Å²) in [6.45, 7) is 1.46. The number of piperidine rings is 1. The fourth-order valence-corrected chi connectivity index (χ4v) is 5.59. The number of nitrogens with one attached hydrogen (secondary N) is 2. The molecule has 0 spiro atoms. The number of sulfone groups is 1. The Kier molecular flexibility index (Phi) is 5.88. The van der Waals surface area contributed by atoms with Crippen molar-refractivity contribution in [1.82, 2.24) is 20.4 Å². The Morgan fingerprint density at radius 1 is 1.03 bits per heavy atom. The summed E-state index contributed by atoms with van der Waals surface area (Å²) in [4.78, 5) is 8.92. The molecule has 0 saturated carbocycles. The Balaban J connectivity index is 1.27. The van der Waals surface area contributed by atoms with Gasteiger partial charge in [0.05, 0.1) is 26.7 Å². The van der Waals surface area contributed by atoms with E-state index < -0.39 is 9.84 Å². The number of hydrogen-bond donors (Lipinski definition) is 3. The van der Waals surface area contributed by atoms with Gasteiger partial charge in [-0.25, -0.2) is 18.4 Å². The third kappa shape index (κ3) is 4.44. The molecule has 1 aliphatic heterocycles. The van der Waals surface area contributed by atoms with Crippen LogP contribution in [-0.2, 0) is 9.84 Å². The smallest absolute Gasteiger partial charge is 0.227 e. The van der Waals surface area contributed by atoms with Crippen LogP contribution in [0.2, 0.25) is 0 Å². The van der Waals surface area contributed by atoms with Gasteiger partial charge in [-0.05, 0) is 62.3 Å². The number of para-hydroxylation sites is 1. The number of fused-ring (bicyclic) bond motifs is 1. The van der Waals surface area contributed by atoms with Crippen LogP contribution in [0.1, 0.15) is 24.0 Å². The van der Waals surface area contributed by atoms with E-state index in [-0.39, 0.29) is 5.25 Å². The second-order valence-electron chi connectivity index (χ2n) is 7.94. The van der Waals surface area contributed by atoms with Crippen LogP contribution in [0.25, 0.3) is 11.0 Å². The molecule has 0 bridgehead atoms. The molecule has 4 aromatic rings. The average Bonchev–Trinajstić information content (AvgIpc) is 3.26. The summed E-state index contributed by atoms with van der Waals surface area (Å²) in [7, 11) is -3.33. The quantitative estimate of drug-likeness (QED) is 0.381. The lowest BCUT2D eigenvalue weighted by atomic mass is 10.1. The lowest BCUT2D eigenvalue weighted by Crippen LogP contribution is -2.35. The fourth-order valence-electron chi connectivity index (χ4n) is 3.83. The molecule has 4 N–H and O–H groups in total. The maximum Gasteiger partial charge on any atom is 0.227 e. The minimum atomic E-state index is -3.33. The molecule has 0 radical (unpaired) electrons. The molecular weight excluding hydrogens is 452 g/mol. The zero-order valence-electron chi connectivity index (χ0n) is 18.2. The number of aromatic nitrogens is 3. The summed E-state index contributed by atoms with van der Waals surface area (Å²) in [5.74, 6) is 6.75. The zero-order valence-corrected chi connectivity index (χ0v) is 19.0. The average molecular weight is 475 g/mol. The molecule has 0 amide bonds. The van der Waals surface area contributed by atoms with Gasteiger partial charge in [0.2, 0.25) is 5.95 Å². The van der Waals surface area contributed by atoms with Crippen molar-refractivity contribution in [2.24, 2.45) is 0 Å². The summed E-state index contributed by atoms with van der Waals surface area (Å²) < 4.78 is 30.9. The molecule has 0 unspecified atom stereocenters. The summed E-state index contributed by atoms with van der Waals surface area (Å²) >= 11 is 0. The molecular formula is C24H22N6O3S. The molecule has 1 aliphatic rings. The number of nitrogens with zero attached hydrogens (tertiary/aromatic N) is 3. The minimum Gasteiger partial charge on any atom is -0.380 e. The van der Waals surface area contributed by atoms with Gasteiger partial charge in [0, 0.05) is 18.1 Å². The van der Waals surface area contributed by atoms with Crippen molar-refractivity contribution in [2.75, 3.05) is 24.1 Å². The van der Waals surface area contributed by atoms with Gasteiger partial charge in [-0.2, -0.15) is 0 Å². The monoisotopic (exact) mass is 474 g/mol. The van der Waals surface area contributed by atoms with Crippen molar-refractivity contribution in [3.8, 4) is 11.8 Å². The van der Waals surface area contributed by atoms with Crippen molar-refractivity contribution < 1.29 is 12.9 Å². The number of hydrogen-bond acceptors (Lipinski definition) is 9. The van der Waals surface area contributed by atoms with E-state index in [0.29, 0.717) is 51.9 Å². The maximum absolute atomic E-state index is 12.8. The molecule has 172 valence electrons. The van der Waals surface area contributed by atoms with E-state index in [2.05, 4.69) is 37.6 Å². The van der Waals surface area contributed by atoms with Gasteiger partial charge in [-0.1, -0.05) is 23.1 Å². The molecule has 10 heteroatoms. The van der Waals surface area contributed by atoms with Crippen LogP contribution in [0.5, 0.6) is 0 Å². The van der Waals surface area contributed by atoms with Gasteiger partial charge in [-0.15, -0.1) is 0 Å². The first-order valence-electron chi connectivity index (χ1n) is 10.8. The molecule has 2 aromatic carbocycles. The topological polar surface area (TPSA) is 136 Å². The van der Waals surface area contributed by atoms with Crippen LogP contribution < -0.4 is 16.4 Å². The highest BCUT2D eigenvalue weighted by Crippen LogP contribution is 2.25. The first kappa shape index (κ1) is 21.9. The van der Waals surface area contributed by atoms with Gasteiger partial charge in [-0.3, -0.25) is 0 Å². The number of nitrogens with two attached hydrogens (primary N) is 1. The molecule has 34 heavy (non-hydrogen) atoms. The summed E-state index contributed by atoms with van der Waals surface area (Å²) in [6, 6.07) is 12.2. The first-order chi connectivity index (χ1) is 16.5. The molecule has 3 heterocycles. The second-order valence-corrected chi connectivity index (χ2v) is 10.2. The third-order valence-corrected chi connectivity index (χ3v) is 7.96. The summed E-state index contributed by atoms with van der Waals surface area (Å²) in [6.07, 6.45) is 4.47. The Hall–Kier alpha value is -3.94. The van der Waals surface area contributed by atoms with Gasteiger partial charge in [0.1, 0.15) is 0 Å². The standard InChI is InChI=1S/C24H22N6O3S/c25-23-21-3-1-2-17(22(21)33-30-23)5-4-16-14-27-24(28-15-16)29-18-6-8-19(9-7-18)34(31,32)20-10-12-26-13-11-20/h1-3,6-9,14-15,20,26H,10-13H2,(H2,25,30)(H,27,28,29). The van der Waals surface area contributed by atoms with E-state index in [9.17, 15) is 8.42 Å². The van der Waals surface area contributed by atoms with Crippen LogP contribution in [-0.4, -0.2) is 41.9 Å². The highest BCUT2D eigenvalue weighted by molar-refractivity contribution is 7.92. The first-order valence-corrected chi connectivity index (χ1v) is 12.3. The lowest BCUT2D eigenvalue weighted by molar-refractivity contribution is 0.460. The Labute approximate surface area is 196 Å². The summed E-state index contributed by atoms with van der Waals surface area (Å²) in [5, 5.41) is 10.4. The van der Waals surface area contributed by atoms with E-state index >= 15 is 0 Å². The Morgan fingerprint density at radius 2 is 1.76 bits per heavy atom. The normalized spacial score (nSPS) is 14.5. The van der Waals surface area contributed by atoms with Crippen LogP contribution in [0.3, 0.4) is 0 Å². The number of rotatable bonds is 4. The van der Waals surface area contributed by atoms with Crippen molar-refractivity contribution in [3.63, 3.8) is 0 Å². The largest absolute Gasteiger partial charge is 0.380 e. The van der Waals surface area contributed by atoms with E-state index in [4.69, 9.17) is 10.3 Å². The van der Waals surface area contributed by atoms with Crippen molar-refractivity contribution >= 4 is 38.3 Å². The fraction of sp³-hybridized carbons (Fsp3) is 0.208. The zero-order chi connectivity index (χ0) is 23.5. The van der Waals surface area contributed by atoms with Crippen molar-refractivity contribution in [3.05, 3.63) is 66.0 Å². The van der Waals surface area contributed by atoms with E-state index in [1.165, 1.54) is 0 Å². The van der Waals surface area contributed by atoms with Gasteiger partial charge < -0.3 is 20.9 Å². The predicted molar refractivity (Wildman–Crippen MR) is 129 cm³/mol. The van der Waals surface area contributed by atoms with Crippen LogP contribution >= 0.6 is 0 Å². The Bertz CT molecular complexity index is 1480. The SMILES string of the molecule is Nc1noc2c(C#Cc3cnc(Nc4ccc(S(=O)(=O)C5CCNCC5)cc4)nc3)cccc12. The van der Waals surface area contributed by atoms with Gasteiger partial charge >= 0.3 is 0 Å².